The predicted molar refractivity (Wildman–Crippen MR) is 614 cm³/mol. The molecule has 3 aliphatic rings. The molecule has 0 aliphatic carbocycles. The van der Waals surface area contributed by atoms with Gasteiger partial charge in [-0.25, -0.2) is 44.9 Å². The summed E-state index contributed by atoms with van der Waals surface area (Å²) in [6, 6.07) is 169. The lowest BCUT2D eigenvalue weighted by atomic mass is 9.74. The fourth-order valence-corrected chi connectivity index (χ4v) is 23.5. The Balaban J connectivity index is 0.000000144. The van der Waals surface area contributed by atoms with Crippen LogP contribution in [0.15, 0.2) is 473 Å². The van der Waals surface area contributed by atoms with E-state index < -0.39 is 0 Å². The third-order valence-electron chi connectivity index (χ3n) is 31.2. The van der Waals surface area contributed by atoms with Crippen LogP contribution in [0.1, 0.15) is 74.9 Å². The van der Waals surface area contributed by atoms with Crippen LogP contribution in [0.25, 0.3) is 252 Å². The molecule has 20 aromatic carbocycles. The summed E-state index contributed by atoms with van der Waals surface area (Å²) in [4.78, 5) is 46.3. The summed E-state index contributed by atoms with van der Waals surface area (Å²) in [6.07, 6.45) is 0. The summed E-state index contributed by atoms with van der Waals surface area (Å²) in [5, 5.41) is 7.41. The molecular weight excluding hydrogens is 1830 g/mol. The van der Waals surface area contributed by atoms with E-state index in [2.05, 4.69) is 443 Å². The highest BCUT2D eigenvalue weighted by atomic mass is 15.1. The van der Waals surface area contributed by atoms with Gasteiger partial charge in [-0.2, -0.15) is 0 Å². The molecule has 0 atom stereocenters. The highest BCUT2D eigenvalue weighted by molar-refractivity contribution is 6.16. The van der Waals surface area contributed by atoms with Crippen LogP contribution in [0.5, 0.6) is 0 Å². The van der Waals surface area contributed by atoms with Crippen LogP contribution in [0.4, 0.5) is 0 Å². The Kier molecular flexibility index (Phi) is 20.7. The maximum atomic E-state index is 5.38. The van der Waals surface area contributed by atoms with Gasteiger partial charge in [0.1, 0.15) is 0 Å². The molecule has 150 heavy (non-hydrogen) atoms. The van der Waals surface area contributed by atoms with Crippen LogP contribution < -0.4 is 0 Å². The van der Waals surface area contributed by atoms with Gasteiger partial charge in [-0.15, -0.1) is 0 Å². The molecular formula is C138H96N12. The summed E-state index contributed by atoms with van der Waals surface area (Å²) in [6.45, 7) is 14.2. The van der Waals surface area contributed by atoms with E-state index in [-0.39, 0.29) is 16.2 Å². The highest BCUT2D eigenvalue weighted by Crippen LogP contribution is 2.55. The number of nitrogens with zero attached hydrogens (tertiary/aromatic N) is 12. The van der Waals surface area contributed by atoms with E-state index >= 15 is 0 Å². The maximum Gasteiger partial charge on any atom is 0.164 e. The number of rotatable bonds is 15. The smallest absolute Gasteiger partial charge is 0.164 e. The minimum Gasteiger partial charge on any atom is -0.309 e. The minimum atomic E-state index is -0.287. The lowest BCUT2D eigenvalue weighted by Crippen LogP contribution is -2.26. The molecule has 0 spiro atoms. The zero-order chi connectivity index (χ0) is 100. The molecule has 0 saturated heterocycles. The Morgan fingerprint density at radius 3 is 0.647 bits per heavy atom. The van der Waals surface area contributed by atoms with Gasteiger partial charge in [-0.3, -0.25) is 0 Å². The molecule has 6 aromatic heterocycles. The lowest BCUT2D eigenvalue weighted by molar-refractivity contribution is 0.630. The van der Waals surface area contributed by atoms with E-state index in [1.54, 1.807) is 0 Å². The van der Waals surface area contributed by atoms with E-state index in [0.717, 1.165) is 111 Å². The van der Waals surface area contributed by atoms with Gasteiger partial charge in [-0.05, 0) is 197 Å². The summed E-state index contributed by atoms with van der Waals surface area (Å²) < 4.78 is 7.43. The van der Waals surface area contributed by atoms with E-state index in [9.17, 15) is 0 Å². The predicted octanol–water partition coefficient (Wildman–Crippen LogP) is 34.1. The molecule has 0 amide bonds. The van der Waals surface area contributed by atoms with Crippen molar-refractivity contribution in [3.63, 3.8) is 0 Å². The number of benzene rings is 20. The van der Waals surface area contributed by atoms with Crippen LogP contribution >= 0.6 is 0 Å². The van der Waals surface area contributed by atoms with Crippen LogP contribution in [-0.2, 0) is 16.2 Å². The first kappa shape index (κ1) is 88.5. The fourth-order valence-electron chi connectivity index (χ4n) is 23.5. The van der Waals surface area contributed by atoms with Crippen molar-refractivity contribution in [1.82, 2.24) is 58.6 Å². The van der Waals surface area contributed by atoms with Gasteiger partial charge in [-0.1, -0.05) is 418 Å². The first-order valence-electron chi connectivity index (χ1n) is 51.4. The maximum absolute atomic E-state index is 5.38. The Morgan fingerprint density at radius 1 is 0.133 bits per heavy atom. The molecule has 3 aliphatic heterocycles. The monoisotopic (exact) mass is 1920 g/mol. The number of fused-ring (bicyclic) bond motifs is 15. The largest absolute Gasteiger partial charge is 0.309 e. The zero-order valence-electron chi connectivity index (χ0n) is 83.4. The van der Waals surface area contributed by atoms with Gasteiger partial charge in [0, 0.05) is 98.6 Å². The van der Waals surface area contributed by atoms with Gasteiger partial charge in [0.05, 0.1) is 50.2 Å². The van der Waals surface area contributed by atoms with Crippen molar-refractivity contribution in [2.24, 2.45) is 0 Å². The molecule has 0 saturated carbocycles. The van der Waals surface area contributed by atoms with Crippen molar-refractivity contribution in [1.29, 1.82) is 0 Å². The minimum absolute atomic E-state index is 0.223. The summed E-state index contributed by atoms with van der Waals surface area (Å²) in [5.74, 6) is 5.64. The molecule has 9 heterocycles. The van der Waals surface area contributed by atoms with Crippen molar-refractivity contribution < 1.29 is 0 Å². The molecule has 12 heteroatoms. The number of para-hydroxylation sites is 5. The van der Waals surface area contributed by atoms with E-state index in [0.29, 0.717) is 52.4 Å². The average Bonchev–Trinajstić information content (AvgIpc) is 1.53. The topological polar surface area (TPSA) is 131 Å². The van der Waals surface area contributed by atoms with Gasteiger partial charge >= 0.3 is 0 Å². The number of hydrogen-bond acceptors (Lipinski definition) is 9. The van der Waals surface area contributed by atoms with Gasteiger partial charge < -0.3 is 13.7 Å². The Bertz CT molecular complexity index is 9640. The third-order valence-corrected chi connectivity index (χ3v) is 31.2. The van der Waals surface area contributed by atoms with Gasteiger partial charge in [0.15, 0.2) is 52.4 Å². The summed E-state index contributed by atoms with van der Waals surface area (Å²) in [7, 11) is 0. The van der Waals surface area contributed by atoms with Crippen molar-refractivity contribution in [2.75, 3.05) is 0 Å². The average molecular weight is 1920 g/mol. The second-order valence-corrected chi connectivity index (χ2v) is 41.2. The molecule has 708 valence electrons. The molecule has 0 radical (unpaired) electrons. The van der Waals surface area contributed by atoms with Crippen molar-refractivity contribution >= 4 is 65.4 Å². The van der Waals surface area contributed by atoms with Gasteiger partial charge in [0.2, 0.25) is 0 Å². The van der Waals surface area contributed by atoms with Crippen LogP contribution in [0, 0.1) is 0 Å². The van der Waals surface area contributed by atoms with Crippen molar-refractivity contribution in [2.45, 2.75) is 57.8 Å². The highest BCUT2D eigenvalue weighted by Gasteiger charge is 2.40. The van der Waals surface area contributed by atoms with Crippen LogP contribution in [0.3, 0.4) is 0 Å². The van der Waals surface area contributed by atoms with E-state index in [1.165, 1.54) is 121 Å². The second kappa shape index (κ2) is 35.1. The standard InChI is InChI=1S/C69H47N7.C69H49N5/c1-69(2)58-28-15-16-29-61(58)76-60-39-38-53(46-32-36-51(37-33-46)66-71-63(47-20-9-4-10-21-47)70-64(72-66)48-22-11-5-12-23-48)41-56(60)57-42-55(43-59(69)62(57)76)52-26-17-27-54(40-52)68-74-65(49-24-13-6-14-25-49)73-67(75-68)50-34-30-45(31-35-50)44-18-7-3-8-19-44;1-68(2)55-26-10-14-30-61(55)73-59-28-12-8-24-51(59)53-38-49(40-57(68)63(53)73)45-20-16-22-47(36-45)66-70-65(44-34-32-43(33-35-44)42-18-6-5-7-19-42)71-67(72-66)48-23-17-21-46(37-48)50-39-54-52-25-9-13-29-60(52)74-62-31-15-11-27-56(62)69(3,4)58(41-50)64(54)74/h3-43H,1-2H3;5-41H,1-4H3. The molecule has 0 unspecified atom stereocenters. The third kappa shape index (κ3) is 14.8. The molecule has 0 bridgehead atoms. The quantitative estimate of drug-likeness (QED) is 0.0984. The number of aromatic nitrogens is 12. The molecule has 0 fully saturated rings. The molecule has 12 nitrogen and oxygen atoms in total. The van der Waals surface area contributed by atoms with Crippen molar-refractivity contribution in [3.8, 4) is 186 Å². The van der Waals surface area contributed by atoms with Crippen LogP contribution in [-0.4, -0.2) is 58.6 Å². The Labute approximate surface area is 868 Å². The lowest BCUT2D eigenvalue weighted by Gasteiger charge is -2.35. The van der Waals surface area contributed by atoms with Gasteiger partial charge in [0.25, 0.3) is 0 Å². The normalized spacial score (nSPS) is 13.2. The molecule has 26 aromatic rings. The zero-order valence-corrected chi connectivity index (χ0v) is 83.4. The SMILES string of the molecule is CC1(C)c2ccccc2-n2c3ccc(-c4ccc(-c5nc(-c6ccccc6)nc(-c6ccccc6)n5)cc4)cc3c3cc(-c4cccc(-c5nc(-c6ccccc6)nc(-c6ccc(-c7ccccc7)cc6)n5)c4)cc1c32.CC1(C)c2ccccc2-n2c3ccccc3c3cc(-c4cccc(-c5nc(-c6ccc(-c7ccccc7)cc6)nc(-c6cccc(-c7cc8c9c(c7)c7ccccc7n9-c7ccccc7C8(C)C)c6)n5)c4)cc1c32. The fraction of sp³-hybridized carbons (Fsp3) is 0.0652. The summed E-state index contributed by atoms with van der Waals surface area (Å²) in [5.41, 5.74) is 40.2. The Hall–Kier alpha value is -19.2. The van der Waals surface area contributed by atoms with E-state index in [1.807, 2.05) is 84.9 Å². The first-order valence-corrected chi connectivity index (χ1v) is 51.4. The number of hydrogen-bond donors (Lipinski definition) is 0. The molecule has 29 rings (SSSR count). The van der Waals surface area contributed by atoms with Crippen LogP contribution in [0.2, 0.25) is 0 Å². The van der Waals surface area contributed by atoms with Crippen molar-refractivity contribution in [3.05, 3.63) is 507 Å². The molecule has 0 N–H and O–H groups in total. The first-order chi connectivity index (χ1) is 73.6. The Morgan fingerprint density at radius 2 is 0.333 bits per heavy atom. The second-order valence-electron chi connectivity index (χ2n) is 41.2. The van der Waals surface area contributed by atoms with E-state index in [4.69, 9.17) is 44.9 Å². The summed E-state index contributed by atoms with van der Waals surface area (Å²) >= 11 is 0.